The fourth-order valence-electron chi connectivity index (χ4n) is 4.17. The molecule has 0 bridgehead atoms. The van der Waals surface area contributed by atoms with Crippen molar-refractivity contribution >= 4 is 50.8 Å². The van der Waals surface area contributed by atoms with Gasteiger partial charge in [0, 0.05) is 45.1 Å². The van der Waals surface area contributed by atoms with Gasteiger partial charge in [-0.15, -0.1) is 11.3 Å². The SMILES string of the molecule is CCN(CC)c1ccc(C=Nc2sc3c(c2C#N)CCCC3)c(OCc2ccc(I)cc2)c1. The molecule has 2 aromatic carbocycles. The molecule has 3 aromatic rings. The number of rotatable bonds is 8. The highest BCUT2D eigenvalue weighted by atomic mass is 127. The molecule has 1 aliphatic rings. The third-order valence-electron chi connectivity index (χ3n) is 6.02. The first-order valence-electron chi connectivity index (χ1n) is 11.5. The van der Waals surface area contributed by atoms with Crippen LogP contribution in [-0.4, -0.2) is 19.3 Å². The van der Waals surface area contributed by atoms with E-state index >= 15 is 0 Å². The van der Waals surface area contributed by atoms with Gasteiger partial charge in [-0.25, -0.2) is 4.99 Å². The van der Waals surface area contributed by atoms with E-state index in [0.717, 1.165) is 65.5 Å². The summed E-state index contributed by atoms with van der Waals surface area (Å²) in [6, 6.07) is 17.1. The lowest BCUT2D eigenvalue weighted by atomic mass is 9.96. The van der Waals surface area contributed by atoms with Crippen molar-refractivity contribution in [2.75, 3.05) is 18.0 Å². The second-order valence-electron chi connectivity index (χ2n) is 8.07. The minimum absolute atomic E-state index is 0.496. The van der Waals surface area contributed by atoms with Crippen LogP contribution in [0.25, 0.3) is 0 Å². The second-order valence-corrected chi connectivity index (χ2v) is 10.4. The third kappa shape index (κ3) is 5.59. The summed E-state index contributed by atoms with van der Waals surface area (Å²) in [5.74, 6) is 0.807. The number of nitriles is 1. The molecule has 0 aliphatic heterocycles. The van der Waals surface area contributed by atoms with Crippen molar-refractivity contribution in [3.63, 3.8) is 0 Å². The number of ether oxygens (including phenoxy) is 1. The average Bonchev–Trinajstić information content (AvgIpc) is 3.21. The normalized spacial score (nSPS) is 13.0. The molecule has 0 N–H and O–H groups in total. The number of hydrogen-bond donors (Lipinski definition) is 0. The second kappa shape index (κ2) is 11.2. The van der Waals surface area contributed by atoms with Gasteiger partial charge in [0.1, 0.15) is 23.4 Å². The summed E-state index contributed by atoms with van der Waals surface area (Å²) in [4.78, 5) is 8.41. The lowest BCUT2D eigenvalue weighted by Gasteiger charge is -2.22. The number of benzene rings is 2. The van der Waals surface area contributed by atoms with Gasteiger partial charge in [0.25, 0.3) is 0 Å². The van der Waals surface area contributed by atoms with Crippen molar-refractivity contribution in [3.8, 4) is 11.8 Å². The molecule has 1 heterocycles. The fourth-order valence-corrected chi connectivity index (χ4v) is 5.71. The Morgan fingerprint density at radius 2 is 1.88 bits per heavy atom. The van der Waals surface area contributed by atoms with Gasteiger partial charge >= 0.3 is 0 Å². The van der Waals surface area contributed by atoms with Crippen molar-refractivity contribution < 1.29 is 4.74 Å². The summed E-state index contributed by atoms with van der Waals surface area (Å²) in [7, 11) is 0. The van der Waals surface area contributed by atoms with Gasteiger partial charge in [-0.05, 0) is 97.5 Å². The molecular weight excluding hydrogens is 541 g/mol. The lowest BCUT2D eigenvalue weighted by Crippen LogP contribution is -2.21. The number of aliphatic imine (C=N–C) groups is 1. The van der Waals surface area contributed by atoms with Gasteiger partial charge in [-0.2, -0.15) is 5.26 Å². The lowest BCUT2D eigenvalue weighted by molar-refractivity contribution is 0.306. The Morgan fingerprint density at radius 1 is 1.12 bits per heavy atom. The number of aryl methyl sites for hydroxylation is 1. The van der Waals surface area contributed by atoms with Crippen molar-refractivity contribution in [1.82, 2.24) is 0 Å². The van der Waals surface area contributed by atoms with Gasteiger partial charge in [0.2, 0.25) is 0 Å². The maximum atomic E-state index is 9.75. The molecule has 1 aromatic heterocycles. The maximum Gasteiger partial charge on any atom is 0.134 e. The maximum absolute atomic E-state index is 9.75. The highest BCUT2D eigenvalue weighted by Crippen LogP contribution is 2.39. The molecule has 0 saturated heterocycles. The molecule has 4 rings (SSSR count). The highest BCUT2D eigenvalue weighted by Gasteiger charge is 2.20. The monoisotopic (exact) mass is 569 g/mol. The zero-order valence-electron chi connectivity index (χ0n) is 19.1. The predicted octanol–water partition coefficient (Wildman–Crippen LogP) is 7.28. The first-order chi connectivity index (χ1) is 16.1. The van der Waals surface area contributed by atoms with Crippen LogP contribution in [0.3, 0.4) is 0 Å². The largest absolute Gasteiger partial charge is 0.488 e. The molecule has 0 radical (unpaired) electrons. The summed E-state index contributed by atoms with van der Waals surface area (Å²) in [5, 5.41) is 10.6. The van der Waals surface area contributed by atoms with E-state index in [1.807, 2.05) is 6.21 Å². The van der Waals surface area contributed by atoms with E-state index in [-0.39, 0.29) is 0 Å². The molecule has 0 saturated carbocycles. The molecular formula is C27H28IN3OS. The van der Waals surface area contributed by atoms with Crippen LogP contribution < -0.4 is 9.64 Å². The molecule has 0 amide bonds. The molecule has 1 aliphatic carbocycles. The number of anilines is 1. The van der Waals surface area contributed by atoms with Crippen LogP contribution in [0.5, 0.6) is 5.75 Å². The third-order valence-corrected chi connectivity index (χ3v) is 7.94. The van der Waals surface area contributed by atoms with Crippen molar-refractivity contribution in [2.45, 2.75) is 46.1 Å². The van der Waals surface area contributed by atoms with Gasteiger partial charge < -0.3 is 9.64 Å². The highest BCUT2D eigenvalue weighted by molar-refractivity contribution is 14.1. The molecule has 0 spiro atoms. The summed E-state index contributed by atoms with van der Waals surface area (Å²) in [5.41, 5.74) is 5.16. The van der Waals surface area contributed by atoms with E-state index in [1.165, 1.54) is 20.4 Å². The zero-order chi connectivity index (χ0) is 23.2. The van der Waals surface area contributed by atoms with Crippen LogP contribution in [0.15, 0.2) is 47.5 Å². The molecule has 6 heteroatoms. The molecule has 0 atom stereocenters. The Hall–Kier alpha value is -2.37. The molecule has 0 unspecified atom stereocenters. The summed E-state index contributed by atoms with van der Waals surface area (Å²) in [6.07, 6.45) is 6.27. The summed E-state index contributed by atoms with van der Waals surface area (Å²) < 4.78 is 7.50. The van der Waals surface area contributed by atoms with Crippen LogP contribution in [0.4, 0.5) is 10.7 Å². The topological polar surface area (TPSA) is 48.6 Å². The minimum atomic E-state index is 0.496. The fraction of sp³-hybridized carbons (Fsp3) is 0.333. The Balaban J connectivity index is 1.64. The van der Waals surface area contributed by atoms with Gasteiger partial charge in [0.15, 0.2) is 0 Å². The molecule has 170 valence electrons. The smallest absolute Gasteiger partial charge is 0.134 e. The van der Waals surface area contributed by atoms with Crippen molar-refractivity contribution in [1.29, 1.82) is 5.26 Å². The zero-order valence-corrected chi connectivity index (χ0v) is 22.1. The van der Waals surface area contributed by atoms with Gasteiger partial charge in [0.05, 0.1) is 5.56 Å². The van der Waals surface area contributed by atoms with E-state index in [9.17, 15) is 5.26 Å². The average molecular weight is 570 g/mol. The standard InChI is InChI=1S/C27H28IN3OS/c1-3-31(4-2)22-14-11-20(25(15-22)32-18-19-9-12-21(28)13-10-19)17-30-27-24(16-29)23-7-5-6-8-26(23)33-27/h9-15,17H,3-8,18H2,1-2H3. The van der Waals surface area contributed by atoms with Crippen LogP contribution in [0, 0.1) is 14.9 Å². The van der Waals surface area contributed by atoms with Crippen LogP contribution in [-0.2, 0) is 19.4 Å². The van der Waals surface area contributed by atoms with Gasteiger partial charge in [-0.3, -0.25) is 0 Å². The number of fused-ring (bicyclic) bond motifs is 1. The van der Waals surface area contributed by atoms with Crippen LogP contribution in [0.2, 0.25) is 0 Å². The van der Waals surface area contributed by atoms with Crippen molar-refractivity contribution in [3.05, 3.63) is 73.2 Å². The first kappa shape index (κ1) is 23.8. The van der Waals surface area contributed by atoms with Crippen molar-refractivity contribution in [2.24, 2.45) is 4.99 Å². The number of halogens is 1. The Kier molecular flexibility index (Phi) is 8.05. The van der Waals surface area contributed by atoms with E-state index in [0.29, 0.717) is 6.61 Å². The van der Waals surface area contributed by atoms with Gasteiger partial charge in [-0.1, -0.05) is 12.1 Å². The summed E-state index contributed by atoms with van der Waals surface area (Å²) in [6.45, 7) is 6.69. The molecule has 0 fully saturated rings. The quantitative estimate of drug-likeness (QED) is 0.212. The molecule has 33 heavy (non-hydrogen) atoms. The Bertz CT molecular complexity index is 1170. The molecule has 4 nitrogen and oxygen atoms in total. The Morgan fingerprint density at radius 3 is 2.61 bits per heavy atom. The minimum Gasteiger partial charge on any atom is -0.488 e. The first-order valence-corrected chi connectivity index (χ1v) is 13.4. The number of thiophene rings is 1. The summed E-state index contributed by atoms with van der Waals surface area (Å²) >= 11 is 3.98. The van der Waals surface area contributed by atoms with Crippen LogP contribution in [0.1, 0.15) is 53.8 Å². The van der Waals surface area contributed by atoms with E-state index in [4.69, 9.17) is 9.73 Å². The van der Waals surface area contributed by atoms with E-state index in [2.05, 4.69) is 89.9 Å². The van der Waals surface area contributed by atoms with E-state index < -0.39 is 0 Å². The van der Waals surface area contributed by atoms with E-state index in [1.54, 1.807) is 11.3 Å². The number of hydrogen-bond acceptors (Lipinski definition) is 5. The predicted molar refractivity (Wildman–Crippen MR) is 146 cm³/mol. The Labute approximate surface area is 214 Å². The number of nitrogens with zero attached hydrogens (tertiary/aromatic N) is 3. The van der Waals surface area contributed by atoms with Crippen LogP contribution >= 0.6 is 33.9 Å².